The van der Waals surface area contributed by atoms with Gasteiger partial charge in [0.05, 0.1) is 17.5 Å². The van der Waals surface area contributed by atoms with E-state index in [9.17, 15) is 42.3 Å². The molecule has 3 aromatic carbocycles. The van der Waals surface area contributed by atoms with Gasteiger partial charge >= 0.3 is 0 Å². The van der Waals surface area contributed by atoms with E-state index < -0.39 is 104 Å². The maximum Gasteiger partial charge on any atom is 0.258 e. The lowest BCUT2D eigenvalue weighted by molar-refractivity contribution is -0.125. The Morgan fingerprint density at radius 3 is 2.10 bits per heavy atom. The largest absolute Gasteiger partial charge is 0.507 e. The molecular weight excluding hydrogens is 734 g/mol. The molecule has 7 rings (SSSR count). The molecule has 2 saturated heterocycles. The average Bonchev–Trinajstić information content (AvgIpc) is 3.46. The highest BCUT2D eigenvalue weighted by atomic mass is 35.5. The van der Waals surface area contributed by atoms with Crippen molar-refractivity contribution < 1.29 is 51.0 Å². The monoisotopic (exact) mass is 758 g/mol. The topological polar surface area (TPSA) is 112 Å². The number of anilines is 2. The highest BCUT2D eigenvalue weighted by Gasteiger charge is 2.77. The number of Topliss-reactive ketones (excluding diaryl/α,β-unsaturated/α-hetero) is 1. The molecule has 1 saturated carbocycles. The summed E-state index contributed by atoms with van der Waals surface area (Å²) in [7, 11) is 0. The zero-order valence-electron chi connectivity index (χ0n) is 26.9. The Morgan fingerprint density at radius 2 is 1.50 bits per heavy atom. The lowest BCUT2D eigenvalue weighted by Gasteiger charge is -2.50. The summed E-state index contributed by atoms with van der Waals surface area (Å²) in [6.07, 6.45) is 2.32. The number of halogens is 7. The van der Waals surface area contributed by atoms with Crippen LogP contribution in [0.4, 0.5) is 33.3 Å². The Labute approximate surface area is 302 Å². The number of carbonyl (C=O) groups is 5. The Morgan fingerprint density at radius 1 is 0.885 bits per heavy atom. The molecule has 0 spiro atoms. The van der Waals surface area contributed by atoms with E-state index in [4.69, 9.17) is 23.2 Å². The fourth-order valence-electron chi connectivity index (χ4n) is 8.18. The molecule has 52 heavy (non-hydrogen) atoms. The van der Waals surface area contributed by atoms with Gasteiger partial charge in [-0.3, -0.25) is 28.9 Å². The Balaban J connectivity index is 1.43. The van der Waals surface area contributed by atoms with E-state index in [0.29, 0.717) is 5.56 Å². The number of allylic oxidation sites excluding steroid dienone is 3. The van der Waals surface area contributed by atoms with Gasteiger partial charge in [0.25, 0.3) is 11.8 Å². The number of hydrogen-bond donors (Lipinski definition) is 1. The zero-order valence-corrected chi connectivity index (χ0v) is 28.4. The number of carbonyl (C=O) groups excluding carboxylic acids is 5. The number of amides is 4. The van der Waals surface area contributed by atoms with Crippen LogP contribution in [0, 0.1) is 46.8 Å². The average molecular weight is 760 g/mol. The van der Waals surface area contributed by atoms with Gasteiger partial charge in [0.2, 0.25) is 17.6 Å². The van der Waals surface area contributed by atoms with Crippen molar-refractivity contribution in [2.75, 3.05) is 9.80 Å². The third-order valence-corrected chi connectivity index (χ3v) is 12.0. The molecule has 0 radical (unpaired) electrons. The minimum absolute atomic E-state index is 0.0849. The molecule has 2 aliphatic carbocycles. The second-order valence-corrected chi connectivity index (χ2v) is 14.4. The van der Waals surface area contributed by atoms with Crippen molar-refractivity contribution in [3.63, 3.8) is 0 Å². The first-order valence-corrected chi connectivity index (χ1v) is 16.7. The second kappa shape index (κ2) is 12.1. The number of phenols is 1. The summed E-state index contributed by atoms with van der Waals surface area (Å²) in [4.78, 5) is 63.9. The molecule has 8 nitrogen and oxygen atoms in total. The fourth-order valence-corrected chi connectivity index (χ4v) is 9.10. The lowest BCUT2D eigenvalue weighted by atomic mass is 9.56. The minimum Gasteiger partial charge on any atom is -0.507 e. The molecule has 1 N–H and O–H groups in total. The van der Waals surface area contributed by atoms with Crippen LogP contribution in [0.1, 0.15) is 47.2 Å². The van der Waals surface area contributed by atoms with Gasteiger partial charge in [0, 0.05) is 17.0 Å². The highest BCUT2D eigenvalue weighted by Crippen LogP contribution is 2.67. The van der Waals surface area contributed by atoms with Crippen LogP contribution in [0.3, 0.4) is 0 Å². The molecule has 0 unspecified atom stereocenters. The molecule has 0 aromatic heterocycles. The zero-order chi connectivity index (χ0) is 37.8. The molecule has 0 bridgehead atoms. The number of nitrogens with zero attached hydrogens (tertiary/aromatic N) is 2. The molecule has 3 aromatic rings. The van der Waals surface area contributed by atoms with Crippen LogP contribution in [0.25, 0.3) is 0 Å². The van der Waals surface area contributed by atoms with Crippen molar-refractivity contribution in [2.45, 2.75) is 41.9 Å². The van der Waals surface area contributed by atoms with Crippen LogP contribution in [0.2, 0.25) is 0 Å². The van der Waals surface area contributed by atoms with Crippen molar-refractivity contribution in [3.05, 3.63) is 113 Å². The van der Waals surface area contributed by atoms with E-state index in [1.807, 2.05) is 0 Å². The number of fused-ring (bicyclic) bond motifs is 4. The number of benzene rings is 3. The number of para-hydroxylation sites is 1. The number of phenolic OH excluding ortho intramolecular Hbond substituents is 1. The van der Waals surface area contributed by atoms with Crippen LogP contribution < -0.4 is 9.80 Å². The van der Waals surface area contributed by atoms with Gasteiger partial charge in [-0.15, -0.1) is 29.8 Å². The SMILES string of the molecule is C=CCc1cccc([C@H]2C3=CC[C@@H]4C(=O)N(c5ccc(C(C)=O)cc5)C(=O)[C@@H]4[C@@H]3C[C@@]3(Cl)C(=O)N(c4c(F)c(F)c(F)c(F)c4F)C(=O)[C@@]23Cl)c1O. The molecule has 6 atom stereocenters. The molecule has 15 heteroatoms. The van der Waals surface area contributed by atoms with E-state index >= 15 is 8.78 Å². The maximum atomic E-state index is 15.3. The summed E-state index contributed by atoms with van der Waals surface area (Å²) in [6, 6.07) is 10.1. The fraction of sp³-hybridized carbons (Fsp3) is 0.270. The smallest absolute Gasteiger partial charge is 0.258 e. The normalized spacial score (nSPS) is 28.1. The summed E-state index contributed by atoms with van der Waals surface area (Å²) in [5, 5.41) is 11.5. The lowest BCUT2D eigenvalue weighted by Crippen LogP contribution is -2.60. The quantitative estimate of drug-likeness (QED) is 0.0564. The van der Waals surface area contributed by atoms with Gasteiger partial charge in [-0.2, -0.15) is 0 Å². The molecule has 2 heterocycles. The summed E-state index contributed by atoms with van der Waals surface area (Å²) >= 11 is 14.3. The first-order chi connectivity index (χ1) is 24.5. The Bertz CT molecular complexity index is 2180. The summed E-state index contributed by atoms with van der Waals surface area (Å²) in [6.45, 7) is 5.00. The number of alkyl halides is 2. The molecule has 268 valence electrons. The van der Waals surface area contributed by atoms with E-state index in [1.165, 1.54) is 61.5 Å². The van der Waals surface area contributed by atoms with Gasteiger partial charge in [-0.25, -0.2) is 26.9 Å². The van der Waals surface area contributed by atoms with Crippen LogP contribution in [0.5, 0.6) is 5.75 Å². The minimum atomic E-state index is -2.78. The van der Waals surface area contributed by atoms with Crippen molar-refractivity contribution in [2.24, 2.45) is 17.8 Å². The number of rotatable bonds is 6. The Hall–Kier alpha value is -4.88. The van der Waals surface area contributed by atoms with Crippen LogP contribution in [0.15, 0.2) is 66.8 Å². The Kier molecular flexibility index (Phi) is 8.26. The number of hydrogen-bond acceptors (Lipinski definition) is 6. The predicted molar refractivity (Wildman–Crippen MR) is 177 cm³/mol. The van der Waals surface area contributed by atoms with E-state index in [-0.39, 0.29) is 45.9 Å². The maximum absolute atomic E-state index is 15.3. The van der Waals surface area contributed by atoms with Crippen LogP contribution in [-0.2, 0) is 25.6 Å². The van der Waals surface area contributed by atoms with Crippen molar-refractivity contribution >= 4 is 64.0 Å². The number of imide groups is 2. The second-order valence-electron chi connectivity index (χ2n) is 13.2. The molecule has 4 aliphatic rings. The summed E-state index contributed by atoms with van der Waals surface area (Å²) in [5.41, 5.74) is -1.05. The predicted octanol–water partition coefficient (Wildman–Crippen LogP) is 6.79. The van der Waals surface area contributed by atoms with Crippen molar-refractivity contribution in [3.8, 4) is 5.75 Å². The van der Waals surface area contributed by atoms with Crippen molar-refractivity contribution in [1.29, 1.82) is 0 Å². The van der Waals surface area contributed by atoms with E-state index in [0.717, 1.165) is 4.90 Å². The van der Waals surface area contributed by atoms with Gasteiger partial charge < -0.3 is 5.11 Å². The van der Waals surface area contributed by atoms with E-state index in [1.54, 1.807) is 0 Å². The van der Waals surface area contributed by atoms with Crippen LogP contribution >= 0.6 is 23.2 Å². The highest BCUT2D eigenvalue weighted by molar-refractivity contribution is 6.58. The van der Waals surface area contributed by atoms with Gasteiger partial charge in [0.15, 0.2) is 38.8 Å². The molecular formula is C37H25Cl2F5N2O6. The summed E-state index contributed by atoms with van der Waals surface area (Å²) < 4.78 is 73.6. The van der Waals surface area contributed by atoms with Gasteiger partial charge in [0.1, 0.15) is 11.4 Å². The third kappa shape index (κ3) is 4.54. The van der Waals surface area contributed by atoms with Crippen LogP contribution in [-0.4, -0.2) is 44.3 Å². The van der Waals surface area contributed by atoms with Gasteiger partial charge in [-0.05, 0) is 61.9 Å². The summed E-state index contributed by atoms with van der Waals surface area (Å²) in [5.74, 6) is -22.7. The molecule has 2 aliphatic heterocycles. The number of aromatic hydroxyl groups is 1. The third-order valence-electron chi connectivity index (χ3n) is 10.6. The van der Waals surface area contributed by atoms with Gasteiger partial charge in [-0.1, -0.05) is 35.9 Å². The van der Waals surface area contributed by atoms with E-state index in [2.05, 4.69) is 6.58 Å². The molecule has 3 fully saturated rings. The first-order valence-electron chi connectivity index (χ1n) is 15.9. The van der Waals surface area contributed by atoms with Crippen molar-refractivity contribution in [1.82, 2.24) is 0 Å². The standard InChI is InChI=1S/C37H25Cl2F5N2O6/c1-3-5-17-6-4-7-21(31(17)48)24-19-12-13-20-23(33(50)45(32(20)49)18-10-8-16(9-11-18)15(2)47)22(19)14-36(38)34(51)46(35(52)37(24,36)39)30-28(43)26(41)25(40)27(42)29(30)44/h3-4,6-12,20,22-24,48H,1,5,13-14H2,2H3/t20-,22+,23-,24+,36+,37-/m0/s1. The molecule has 4 amide bonds. The first kappa shape index (κ1) is 35.5. The number of ketones is 1.